The zero-order valence-corrected chi connectivity index (χ0v) is 14.4. The van der Waals surface area contributed by atoms with E-state index >= 15 is 0 Å². The fourth-order valence-corrected chi connectivity index (χ4v) is 1.47. The molecule has 0 bridgehead atoms. The van der Waals surface area contributed by atoms with Gasteiger partial charge in [0.1, 0.15) is 0 Å². The number of fused-ring (bicyclic) bond motifs is 1. The van der Waals surface area contributed by atoms with Gasteiger partial charge in [-0.3, -0.25) is 13.9 Å². The standard InChI is InChI=1S/C8H10N4O2.Pb.2H/c1-10-4-9-6-5(10)7(13)12(3)8(14)11(6)2;;;/h4H,1-3H3;;;. The van der Waals surface area contributed by atoms with Crippen molar-refractivity contribution in [2.24, 2.45) is 21.1 Å². The molecule has 2 rings (SSSR count). The molecular weight excluding hydrogens is 391 g/mol. The predicted molar refractivity (Wildman–Crippen MR) is 59.7 cm³/mol. The second-order valence-electron chi connectivity index (χ2n) is 3.23. The summed E-state index contributed by atoms with van der Waals surface area (Å²) >= 11 is 0. The van der Waals surface area contributed by atoms with Crippen molar-refractivity contribution < 1.29 is 0 Å². The number of rotatable bonds is 0. The molecule has 80 valence electrons. The molecule has 0 aliphatic carbocycles. The molecular formula is C8H12N4O2Pb. The van der Waals surface area contributed by atoms with Crippen LogP contribution >= 0.6 is 0 Å². The summed E-state index contributed by atoms with van der Waals surface area (Å²) in [5.74, 6) is 0. The van der Waals surface area contributed by atoms with Gasteiger partial charge < -0.3 is 4.57 Å². The summed E-state index contributed by atoms with van der Waals surface area (Å²) in [6.07, 6.45) is 1.52. The molecule has 0 fully saturated rings. The normalized spacial score (nSPS) is 10.3. The zero-order valence-electron chi connectivity index (χ0n) is 8.89. The molecule has 0 atom stereocenters. The Balaban J connectivity index is 0.00000112. The molecule has 0 saturated carbocycles. The molecule has 0 aromatic carbocycles. The Morgan fingerprint density at radius 2 is 1.73 bits per heavy atom. The molecule has 0 spiro atoms. The van der Waals surface area contributed by atoms with Gasteiger partial charge in [-0.15, -0.1) is 0 Å². The van der Waals surface area contributed by atoms with E-state index in [2.05, 4.69) is 4.98 Å². The van der Waals surface area contributed by atoms with Crippen LogP contribution in [0.25, 0.3) is 11.2 Å². The van der Waals surface area contributed by atoms with Gasteiger partial charge >= 0.3 is 33.0 Å². The van der Waals surface area contributed by atoms with E-state index in [0.29, 0.717) is 11.2 Å². The minimum absolute atomic E-state index is 0. The van der Waals surface area contributed by atoms with Gasteiger partial charge in [0.25, 0.3) is 5.56 Å². The third-order valence-corrected chi connectivity index (χ3v) is 2.32. The average molecular weight is 403 g/mol. The van der Waals surface area contributed by atoms with Gasteiger partial charge in [-0.25, -0.2) is 9.78 Å². The number of aromatic nitrogens is 4. The quantitative estimate of drug-likeness (QED) is 0.481. The fourth-order valence-electron chi connectivity index (χ4n) is 1.47. The van der Waals surface area contributed by atoms with E-state index in [4.69, 9.17) is 0 Å². The predicted octanol–water partition coefficient (Wildman–Crippen LogP) is -1.95. The van der Waals surface area contributed by atoms with Crippen LogP contribution in [0.4, 0.5) is 0 Å². The molecule has 2 aromatic heterocycles. The van der Waals surface area contributed by atoms with Crippen molar-refractivity contribution in [3.05, 3.63) is 27.2 Å². The third kappa shape index (κ3) is 1.56. The van der Waals surface area contributed by atoms with Gasteiger partial charge in [0.2, 0.25) is 0 Å². The Bertz CT molecular complexity index is 622. The number of nitrogens with zero attached hydrogens (tertiary/aromatic N) is 4. The molecule has 2 radical (unpaired) electrons. The maximum atomic E-state index is 11.7. The third-order valence-electron chi connectivity index (χ3n) is 2.32. The Morgan fingerprint density at radius 1 is 1.13 bits per heavy atom. The van der Waals surface area contributed by atoms with Gasteiger partial charge in [-0.2, -0.15) is 0 Å². The minimum atomic E-state index is -0.360. The van der Waals surface area contributed by atoms with E-state index in [0.717, 1.165) is 4.57 Å². The van der Waals surface area contributed by atoms with E-state index < -0.39 is 0 Å². The van der Waals surface area contributed by atoms with Crippen molar-refractivity contribution in [1.29, 1.82) is 0 Å². The fraction of sp³-hybridized carbons (Fsp3) is 0.375. The number of hydrogen-bond acceptors (Lipinski definition) is 3. The van der Waals surface area contributed by atoms with Crippen LogP contribution < -0.4 is 11.2 Å². The molecule has 0 N–H and O–H groups in total. The van der Waals surface area contributed by atoms with Crippen molar-refractivity contribution in [3.8, 4) is 0 Å². The van der Waals surface area contributed by atoms with Crippen LogP contribution in [0.15, 0.2) is 15.9 Å². The SMILES string of the molecule is Cn1c(=O)c2c(ncn2C)n(C)c1=O.[PbH2]. The van der Waals surface area contributed by atoms with Crippen LogP contribution in [0.5, 0.6) is 0 Å². The molecule has 7 heteroatoms. The monoisotopic (exact) mass is 404 g/mol. The molecule has 0 amide bonds. The summed E-state index contributed by atoms with van der Waals surface area (Å²) in [6, 6.07) is 0. The van der Waals surface area contributed by atoms with Gasteiger partial charge in [-0.1, -0.05) is 0 Å². The van der Waals surface area contributed by atoms with Crippen molar-refractivity contribution >= 4 is 38.5 Å². The first-order valence-corrected chi connectivity index (χ1v) is 4.11. The van der Waals surface area contributed by atoms with Gasteiger partial charge in [-0.05, 0) is 0 Å². The van der Waals surface area contributed by atoms with E-state index in [1.165, 1.54) is 17.9 Å². The average Bonchev–Trinajstić information content (AvgIpc) is 2.54. The molecule has 0 aliphatic rings. The molecule has 0 aliphatic heterocycles. The summed E-state index contributed by atoms with van der Waals surface area (Å²) in [4.78, 5) is 27.2. The Hall–Kier alpha value is -0.928. The molecule has 0 unspecified atom stereocenters. The number of hydrogen-bond donors (Lipinski definition) is 0. The Kier molecular flexibility index (Phi) is 3.17. The van der Waals surface area contributed by atoms with Gasteiger partial charge in [0.15, 0.2) is 11.2 Å². The summed E-state index contributed by atoms with van der Waals surface area (Å²) in [6.45, 7) is 0. The van der Waals surface area contributed by atoms with Crippen molar-refractivity contribution in [2.45, 2.75) is 0 Å². The molecule has 2 aromatic rings. The van der Waals surface area contributed by atoms with Crippen LogP contribution in [-0.4, -0.2) is 46.0 Å². The van der Waals surface area contributed by atoms with E-state index in [9.17, 15) is 9.59 Å². The van der Waals surface area contributed by atoms with Crippen molar-refractivity contribution in [1.82, 2.24) is 18.7 Å². The van der Waals surface area contributed by atoms with Crippen LogP contribution in [0.3, 0.4) is 0 Å². The summed E-state index contributed by atoms with van der Waals surface area (Å²) in [5.41, 5.74) is 0.180. The summed E-state index contributed by atoms with van der Waals surface area (Å²) in [5, 5.41) is 0. The Labute approximate surface area is 105 Å². The first-order chi connectivity index (χ1) is 6.54. The second kappa shape index (κ2) is 3.91. The first kappa shape index (κ1) is 12.1. The molecule has 0 saturated heterocycles. The van der Waals surface area contributed by atoms with Crippen LogP contribution in [-0.2, 0) is 21.1 Å². The molecule has 6 nitrogen and oxygen atoms in total. The van der Waals surface area contributed by atoms with E-state index in [1.54, 1.807) is 18.7 Å². The van der Waals surface area contributed by atoms with Gasteiger partial charge in [0.05, 0.1) is 6.33 Å². The van der Waals surface area contributed by atoms with Crippen molar-refractivity contribution in [3.63, 3.8) is 0 Å². The van der Waals surface area contributed by atoms with Gasteiger partial charge in [0, 0.05) is 21.1 Å². The second-order valence-corrected chi connectivity index (χ2v) is 3.23. The number of imidazole rings is 1. The van der Waals surface area contributed by atoms with Crippen LogP contribution in [0.1, 0.15) is 0 Å². The molecule has 2 heterocycles. The van der Waals surface area contributed by atoms with E-state index in [-0.39, 0.29) is 38.5 Å². The molecule has 15 heavy (non-hydrogen) atoms. The van der Waals surface area contributed by atoms with Crippen LogP contribution in [0, 0.1) is 0 Å². The Morgan fingerprint density at radius 3 is 2.33 bits per heavy atom. The first-order valence-electron chi connectivity index (χ1n) is 4.11. The topological polar surface area (TPSA) is 61.8 Å². The zero-order chi connectivity index (χ0) is 10.5. The summed E-state index contributed by atoms with van der Waals surface area (Å²) < 4.78 is 4.04. The summed E-state index contributed by atoms with van der Waals surface area (Å²) in [7, 11) is 4.77. The number of aryl methyl sites for hydroxylation is 2. The van der Waals surface area contributed by atoms with Crippen LogP contribution in [0.2, 0.25) is 0 Å². The van der Waals surface area contributed by atoms with Crippen molar-refractivity contribution in [2.75, 3.05) is 0 Å². The van der Waals surface area contributed by atoms with E-state index in [1.807, 2.05) is 0 Å². The maximum absolute atomic E-state index is 11.7.